The minimum absolute atomic E-state index is 0.0362. The van der Waals surface area contributed by atoms with Gasteiger partial charge in [0, 0.05) is 6.92 Å². The van der Waals surface area contributed by atoms with E-state index in [9.17, 15) is 13.6 Å². The van der Waals surface area contributed by atoms with Gasteiger partial charge in [-0.25, -0.2) is 13.8 Å². The number of aromatic nitrogens is 3. The molecule has 0 aliphatic rings. The zero-order valence-corrected chi connectivity index (χ0v) is 13.9. The number of nitrogens with zero attached hydrogens (tertiary/aromatic N) is 3. The predicted octanol–water partition coefficient (Wildman–Crippen LogP) is 3.97. The van der Waals surface area contributed by atoms with E-state index >= 15 is 0 Å². The van der Waals surface area contributed by atoms with Gasteiger partial charge in [-0.2, -0.15) is 9.78 Å². The Labute approximate surface area is 135 Å². The highest BCUT2D eigenvalue weighted by atomic mass is 35.5. The number of aryl methyl sites for hydroxylation is 3. The second-order valence-electron chi connectivity index (χ2n) is 5.08. The number of hydrogen-bond acceptors (Lipinski definition) is 3. The Kier molecular flexibility index (Phi) is 4.28. The van der Waals surface area contributed by atoms with Crippen LogP contribution in [0.1, 0.15) is 29.4 Å². The maximum absolute atomic E-state index is 13.6. The van der Waals surface area contributed by atoms with Crippen molar-refractivity contribution in [2.75, 3.05) is 0 Å². The smallest absolute Gasteiger partial charge is 0.266 e. The third-order valence-electron chi connectivity index (χ3n) is 3.17. The van der Waals surface area contributed by atoms with Gasteiger partial charge in [0.25, 0.3) is 11.5 Å². The molecule has 2 heterocycles. The Morgan fingerprint density at radius 3 is 2.32 bits per heavy atom. The van der Waals surface area contributed by atoms with Gasteiger partial charge in [0.05, 0.1) is 22.0 Å². The molecular formula is C14H13Cl2F2N3O. The van der Waals surface area contributed by atoms with Gasteiger partial charge in [-0.3, -0.25) is 4.79 Å². The summed E-state index contributed by atoms with van der Waals surface area (Å²) >= 11 is 11.8. The van der Waals surface area contributed by atoms with Crippen molar-refractivity contribution >= 4 is 23.2 Å². The second-order valence-corrected chi connectivity index (χ2v) is 5.86. The van der Waals surface area contributed by atoms with Crippen molar-refractivity contribution < 1.29 is 8.78 Å². The molecule has 8 heteroatoms. The van der Waals surface area contributed by atoms with Crippen molar-refractivity contribution in [3.8, 4) is 5.82 Å². The maximum Gasteiger partial charge on any atom is 0.292 e. The highest BCUT2D eigenvalue weighted by Gasteiger charge is 2.33. The quantitative estimate of drug-likeness (QED) is 0.825. The molecule has 0 radical (unpaired) electrons. The first-order chi connectivity index (χ1) is 10.0. The lowest BCUT2D eigenvalue weighted by atomic mass is 10.1. The standard InChI is InChI=1S/C14H13Cl2F2N3O/c1-6-5-9(15)7(2)19-12(6)21-13(22)11(16)10(8(3)20-21)14(4,17)18/h5H,1-4H3. The van der Waals surface area contributed by atoms with Crippen LogP contribution in [-0.4, -0.2) is 14.8 Å². The van der Waals surface area contributed by atoms with Crippen molar-refractivity contribution in [1.82, 2.24) is 14.8 Å². The van der Waals surface area contributed by atoms with Crippen LogP contribution in [0.15, 0.2) is 10.9 Å². The summed E-state index contributed by atoms with van der Waals surface area (Å²) in [5.41, 5.74) is -0.378. The molecule has 0 amide bonds. The molecule has 2 aromatic heterocycles. The SMILES string of the molecule is Cc1cc(Cl)c(C)nc1-n1nc(C)c(C(C)(F)F)c(Cl)c1=O. The Morgan fingerprint density at radius 1 is 1.18 bits per heavy atom. The minimum Gasteiger partial charge on any atom is -0.266 e. The lowest BCUT2D eigenvalue weighted by Gasteiger charge is -2.17. The topological polar surface area (TPSA) is 47.8 Å². The van der Waals surface area contributed by atoms with E-state index in [4.69, 9.17) is 23.2 Å². The summed E-state index contributed by atoms with van der Waals surface area (Å²) in [6.45, 7) is 5.39. The molecule has 0 bridgehead atoms. The fraction of sp³-hybridized carbons (Fsp3) is 0.357. The number of pyridine rings is 1. The van der Waals surface area contributed by atoms with Crippen molar-refractivity contribution in [1.29, 1.82) is 0 Å². The van der Waals surface area contributed by atoms with Gasteiger partial charge < -0.3 is 0 Å². The van der Waals surface area contributed by atoms with E-state index in [1.807, 2.05) is 0 Å². The normalized spacial score (nSPS) is 11.8. The van der Waals surface area contributed by atoms with Crippen LogP contribution in [0.3, 0.4) is 0 Å². The van der Waals surface area contributed by atoms with E-state index in [2.05, 4.69) is 10.1 Å². The monoisotopic (exact) mass is 347 g/mol. The van der Waals surface area contributed by atoms with E-state index in [0.29, 0.717) is 23.2 Å². The molecule has 0 saturated heterocycles. The molecule has 0 aliphatic heterocycles. The van der Waals surface area contributed by atoms with Crippen LogP contribution in [0, 0.1) is 20.8 Å². The summed E-state index contributed by atoms with van der Waals surface area (Å²) in [5, 5.41) is 3.81. The van der Waals surface area contributed by atoms with Gasteiger partial charge >= 0.3 is 0 Å². The summed E-state index contributed by atoms with van der Waals surface area (Å²) in [7, 11) is 0. The molecule has 0 fully saturated rings. The first-order valence-corrected chi connectivity index (χ1v) is 7.11. The number of rotatable bonds is 2. The number of halogens is 4. The Hall–Kier alpha value is -1.53. The lowest BCUT2D eigenvalue weighted by molar-refractivity contribution is 0.0161. The zero-order valence-electron chi connectivity index (χ0n) is 12.3. The van der Waals surface area contributed by atoms with E-state index < -0.39 is 22.1 Å². The summed E-state index contributed by atoms with van der Waals surface area (Å²) in [6, 6.07) is 1.62. The Morgan fingerprint density at radius 2 is 1.77 bits per heavy atom. The van der Waals surface area contributed by atoms with Gasteiger partial charge in [-0.05, 0) is 32.4 Å². The fourth-order valence-electron chi connectivity index (χ4n) is 2.13. The Bertz CT molecular complexity index is 813. The van der Waals surface area contributed by atoms with Gasteiger partial charge in [0.15, 0.2) is 5.82 Å². The van der Waals surface area contributed by atoms with Crippen LogP contribution >= 0.6 is 23.2 Å². The van der Waals surface area contributed by atoms with Gasteiger partial charge in [0.1, 0.15) is 5.02 Å². The molecule has 0 aliphatic carbocycles. The number of alkyl halides is 2. The molecule has 4 nitrogen and oxygen atoms in total. The first kappa shape index (κ1) is 16.8. The van der Waals surface area contributed by atoms with E-state index in [1.54, 1.807) is 19.9 Å². The van der Waals surface area contributed by atoms with E-state index in [0.717, 1.165) is 4.68 Å². The molecule has 0 saturated carbocycles. The highest BCUT2D eigenvalue weighted by molar-refractivity contribution is 6.31. The molecular weight excluding hydrogens is 335 g/mol. The lowest BCUT2D eigenvalue weighted by Crippen LogP contribution is -2.29. The molecule has 2 aromatic rings. The molecule has 118 valence electrons. The third-order valence-corrected chi connectivity index (χ3v) is 3.90. The van der Waals surface area contributed by atoms with Crippen LogP contribution < -0.4 is 5.56 Å². The third kappa shape index (κ3) is 2.85. The molecule has 0 atom stereocenters. The van der Waals surface area contributed by atoms with E-state index in [-0.39, 0.29) is 11.5 Å². The van der Waals surface area contributed by atoms with E-state index in [1.165, 1.54) is 6.92 Å². The molecule has 0 aromatic carbocycles. The summed E-state index contributed by atoms with van der Waals surface area (Å²) in [4.78, 5) is 16.5. The Balaban J connectivity index is 2.80. The van der Waals surface area contributed by atoms with Gasteiger partial charge in [-0.1, -0.05) is 23.2 Å². The summed E-state index contributed by atoms with van der Waals surface area (Å²) < 4.78 is 28.1. The molecule has 0 spiro atoms. The molecule has 22 heavy (non-hydrogen) atoms. The van der Waals surface area contributed by atoms with Crippen molar-refractivity contribution in [3.05, 3.63) is 49.0 Å². The van der Waals surface area contributed by atoms with Crippen molar-refractivity contribution in [2.24, 2.45) is 0 Å². The van der Waals surface area contributed by atoms with Crippen LogP contribution in [-0.2, 0) is 5.92 Å². The van der Waals surface area contributed by atoms with Crippen molar-refractivity contribution in [3.63, 3.8) is 0 Å². The maximum atomic E-state index is 13.6. The summed E-state index contributed by atoms with van der Waals surface area (Å²) in [5.74, 6) is -3.05. The molecule has 2 rings (SSSR count). The second kappa shape index (κ2) is 5.59. The van der Waals surface area contributed by atoms with Crippen LogP contribution in [0.5, 0.6) is 0 Å². The summed E-state index contributed by atoms with van der Waals surface area (Å²) in [6.07, 6.45) is 0. The van der Waals surface area contributed by atoms with Gasteiger partial charge in [-0.15, -0.1) is 0 Å². The predicted molar refractivity (Wildman–Crippen MR) is 81.4 cm³/mol. The van der Waals surface area contributed by atoms with Crippen LogP contribution in [0.4, 0.5) is 8.78 Å². The largest absolute Gasteiger partial charge is 0.292 e. The average Bonchev–Trinajstić information content (AvgIpc) is 2.37. The average molecular weight is 348 g/mol. The van der Waals surface area contributed by atoms with Crippen LogP contribution in [0.2, 0.25) is 10.0 Å². The zero-order chi connectivity index (χ0) is 16.8. The van der Waals surface area contributed by atoms with Gasteiger partial charge in [0.2, 0.25) is 0 Å². The fourth-order valence-corrected chi connectivity index (χ4v) is 2.72. The van der Waals surface area contributed by atoms with Crippen molar-refractivity contribution in [2.45, 2.75) is 33.6 Å². The number of hydrogen-bond donors (Lipinski definition) is 0. The highest BCUT2D eigenvalue weighted by Crippen LogP contribution is 2.33. The minimum atomic E-state index is -3.26. The van der Waals surface area contributed by atoms with Crippen LogP contribution in [0.25, 0.3) is 5.82 Å². The molecule has 0 unspecified atom stereocenters. The first-order valence-electron chi connectivity index (χ1n) is 6.36. The molecule has 0 N–H and O–H groups in total.